The molecule has 1 aliphatic carbocycles. The lowest BCUT2D eigenvalue weighted by Gasteiger charge is -2.39. The monoisotopic (exact) mass is 578 g/mol. The van der Waals surface area contributed by atoms with Gasteiger partial charge in [-0.3, -0.25) is 0 Å². The highest BCUT2D eigenvalue weighted by molar-refractivity contribution is 6.33. The molecule has 0 radical (unpaired) electrons. The lowest BCUT2D eigenvalue weighted by Crippen LogP contribution is -2.51. The van der Waals surface area contributed by atoms with E-state index in [1.54, 1.807) is 16.8 Å². The number of benzene rings is 2. The van der Waals surface area contributed by atoms with Crippen LogP contribution in [0.4, 0.5) is 20.2 Å². The molecule has 0 spiro atoms. The molecule has 2 aromatic carbocycles. The third-order valence-electron chi connectivity index (χ3n) is 9.04. The molecule has 0 saturated heterocycles. The van der Waals surface area contributed by atoms with E-state index in [0.29, 0.717) is 27.9 Å². The number of anilines is 1. The maximum absolute atomic E-state index is 15.4. The number of hydrogen-bond donors (Lipinski definition) is 3. The van der Waals surface area contributed by atoms with E-state index < -0.39 is 5.82 Å². The van der Waals surface area contributed by atoms with Crippen LogP contribution in [-0.4, -0.2) is 27.0 Å². The molecular formula is C32H37ClF2N6. The zero-order valence-electron chi connectivity index (χ0n) is 24.2. The smallest absolute Gasteiger partial charge is 0.135 e. The topological polar surface area (TPSA) is 93.7 Å². The summed E-state index contributed by atoms with van der Waals surface area (Å²) < 4.78 is 31.1. The van der Waals surface area contributed by atoms with Crippen molar-refractivity contribution < 1.29 is 8.78 Å². The molecule has 2 atom stereocenters. The molecule has 1 saturated carbocycles. The van der Waals surface area contributed by atoms with Crippen LogP contribution in [-0.2, 0) is 12.8 Å². The second kappa shape index (κ2) is 10.7. The Hall–Kier alpha value is -3.49. The highest BCUT2D eigenvalue weighted by atomic mass is 35.5. The summed E-state index contributed by atoms with van der Waals surface area (Å²) in [5.74, 6) is -0.625. The van der Waals surface area contributed by atoms with E-state index in [-0.39, 0.29) is 39.4 Å². The molecule has 1 aliphatic rings. The van der Waals surface area contributed by atoms with Crippen LogP contribution in [0.2, 0.25) is 5.02 Å². The SMILES string of the molecule is CCc1cc(F)c(-c2cc3c(NC4CCC(C)(N)C4(C)C)c(C(N)=Nc4cc(F)ccc4Cl)cnn3c2)cc1CC. The summed E-state index contributed by atoms with van der Waals surface area (Å²) in [6.07, 6.45) is 6.70. The summed E-state index contributed by atoms with van der Waals surface area (Å²) in [7, 11) is 0. The van der Waals surface area contributed by atoms with E-state index in [2.05, 4.69) is 43.1 Å². The van der Waals surface area contributed by atoms with Gasteiger partial charge < -0.3 is 16.8 Å². The fraction of sp³-hybridized carbons (Fsp3) is 0.375. The van der Waals surface area contributed by atoms with Gasteiger partial charge in [0.15, 0.2) is 0 Å². The molecule has 216 valence electrons. The van der Waals surface area contributed by atoms with E-state index in [1.807, 2.05) is 25.3 Å². The number of aromatic nitrogens is 2. The molecule has 1 fully saturated rings. The highest BCUT2D eigenvalue weighted by Gasteiger charge is 2.49. The first-order valence-corrected chi connectivity index (χ1v) is 14.4. The van der Waals surface area contributed by atoms with Crippen molar-refractivity contribution in [2.24, 2.45) is 21.9 Å². The van der Waals surface area contributed by atoms with E-state index in [4.69, 9.17) is 23.1 Å². The zero-order valence-corrected chi connectivity index (χ0v) is 24.9. The van der Waals surface area contributed by atoms with E-state index in [9.17, 15) is 4.39 Å². The summed E-state index contributed by atoms with van der Waals surface area (Å²) in [5, 5.41) is 8.58. The molecule has 2 heterocycles. The van der Waals surface area contributed by atoms with Gasteiger partial charge in [0, 0.05) is 40.4 Å². The number of halogens is 3. The van der Waals surface area contributed by atoms with Crippen LogP contribution in [0.1, 0.15) is 64.2 Å². The van der Waals surface area contributed by atoms with Crippen LogP contribution in [0.3, 0.4) is 0 Å². The number of nitrogens with one attached hydrogen (secondary N) is 1. The number of aliphatic imine (C=N–C) groups is 1. The molecule has 0 bridgehead atoms. The van der Waals surface area contributed by atoms with Gasteiger partial charge in [-0.1, -0.05) is 39.3 Å². The van der Waals surface area contributed by atoms with E-state index in [0.717, 1.165) is 36.8 Å². The molecule has 2 aromatic heterocycles. The molecule has 5 rings (SSSR count). The Bertz CT molecular complexity index is 1660. The van der Waals surface area contributed by atoms with Crippen LogP contribution in [0.25, 0.3) is 16.6 Å². The van der Waals surface area contributed by atoms with Gasteiger partial charge in [-0.15, -0.1) is 0 Å². The van der Waals surface area contributed by atoms with E-state index in [1.165, 1.54) is 18.2 Å². The second-order valence-electron chi connectivity index (χ2n) is 11.8. The molecule has 41 heavy (non-hydrogen) atoms. The maximum Gasteiger partial charge on any atom is 0.135 e. The average molecular weight is 579 g/mol. The predicted molar refractivity (Wildman–Crippen MR) is 164 cm³/mol. The lowest BCUT2D eigenvalue weighted by molar-refractivity contribution is 0.215. The van der Waals surface area contributed by atoms with Crippen molar-refractivity contribution in [3.63, 3.8) is 0 Å². The molecule has 2 unspecified atom stereocenters. The standard InChI is InChI=1S/C32H37ClF2N6/c1-6-18-12-22(25(35)13-19(18)7-2)20-14-27-29(40-28-10-11-32(5,37)31(28,3)4)23(16-38-41(27)17-20)30(36)39-26-15-21(34)8-9-24(26)33/h8-9,12-17,28,40H,6-7,10-11,37H2,1-5H3,(H2,36,39). The number of nitrogens with two attached hydrogens (primary N) is 2. The minimum absolute atomic E-state index is 0.0126. The van der Waals surface area contributed by atoms with Crippen LogP contribution < -0.4 is 16.8 Å². The molecule has 0 amide bonds. The summed E-state index contributed by atoms with van der Waals surface area (Å²) in [6.45, 7) is 10.5. The van der Waals surface area contributed by atoms with Gasteiger partial charge >= 0.3 is 0 Å². The summed E-state index contributed by atoms with van der Waals surface area (Å²) >= 11 is 6.29. The van der Waals surface area contributed by atoms with Crippen molar-refractivity contribution in [3.8, 4) is 11.1 Å². The minimum Gasteiger partial charge on any atom is -0.383 e. The fourth-order valence-electron chi connectivity index (χ4n) is 5.80. The van der Waals surface area contributed by atoms with Crippen molar-refractivity contribution in [3.05, 3.63) is 82.1 Å². The van der Waals surface area contributed by atoms with Crippen molar-refractivity contribution in [1.29, 1.82) is 0 Å². The van der Waals surface area contributed by atoms with Crippen LogP contribution in [0.5, 0.6) is 0 Å². The largest absolute Gasteiger partial charge is 0.383 e. The molecule has 5 N–H and O–H groups in total. The van der Waals surface area contributed by atoms with Crippen molar-refractivity contribution >= 4 is 34.3 Å². The molecule has 9 heteroatoms. The third kappa shape index (κ3) is 5.19. The van der Waals surface area contributed by atoms with Crippen LogP contribution in [0.15, 0.2) is 53.8 Å². The Labute approximate surface area is 244 Å². The second-order valence-corrected chi connectivity index (χ2v) is 12.2. The van der Waals surface area contributed by atoms with Crippen molar-refractivity contribution in [2.75, 3.05) is 5.32 Å². The predicted octanol–water partition coefficient (Wildman–Crippen LogP) is 7.41. The van der Waals surface area contributed by atoms with Crippen molar-refractivity contribution in [2.45, 2.75) is 71.9 Å². The number of nitrogens with zero attached hydrogens (tertiary/aromatic N) is 3. The Morgan fingerprint density at radius 2 is 1.83 bits per heavy atom. The van der Waals surface area contributed by atoms with Gasteiger partial charge in [0.25, 0.3) is 0 Å². The van der Waals surface area contributed by atoms with E-state index >= 15 is 4.39 Å². The zero-order chi connectivity index (χ0) is 29.7. The first-order valence-electron chi connectivity index (χ1n) is 14.0. The Kier molecular flexibility index (Phi) is 7.59. The number of aryl methyl sites for hydroxylation is 2. The van der Waals surface area contributed by atoms with Gasteiger partial charge in [0.2, 0.25) is 0 Å². The van der Waals surface area contributed by atoms with Gasteiger partial charge in [-0.25, -0.2) is 18.3 Å². The van der Waals surface area contributed by atoms with Gasteiger partial charge in [-0.2, -0.15) is 5.10 Å². The minimum atomic E-state index is -0.471. The number of rotatable bonds is 7. The quantitative estimate of drug-likeness (QED) is 0.157. The molecule has 4 aromatic rings. The summed E-state index contributed by atoms with van der Waals surface area (Å²) in [5.41, 5.74) is 18.1. The number of hydrogen-bond acceptors (Lipinski definition) is 4. The highest BCUT2D eigenvalue weighted by Crippen LogP contribution is 2.46. The van der Waals surface area contributed by atoms with Gasteiger partial charge in [0.1, 0.15) is 17.5 Å². The maximum atomic E-state index is 15.4. The summed E-state index contributed by atoms with van der Waals surface area (Å²) in [6, 6.07) is 9.42. The third-order valence-corrected chi connectivity index (χ3v) is 9.36. The Morgan fingerprint density at radius 1 is 1.12 bits per heavy atom. The number of fused-ring (bicyclic) bond motifs is 1. The van der Waals surface area contributed by atoms with Gasteiger partial charge in [-0.05, 0) is 74.1 Å². The average Bonchev–Trinajstić information content (AvgIpc) is 3.44. The molecule has 6 nitrogen and oxygen atoms in total. The fourth-order valence-corrected chi connectivity index (χ4v) is 5.96. The number of amidine groups is 1. The molecule has 0 aliphatic heterocycles. The van der Waals surface area contributed by atoms with Crippen LogP contribution in [0, 0.1) is 17.0 Å². The first kappa shape index (κ1) is 29.0. The Morgan fingerprint density at radius 3 is 2.49 bits per heavy atom. The van der Waals surface area contributed by atoms with Gasteiger partial charge in [0.05, 0.1) is 33.7 Å². The summed E-state index contributed by atoms with van der Waals surface area (Å²) in [4.78, 5) is 4.47. The lowest BCUT2D eigenvalue weighted by atomic mass is 9.75. The normalized spacial score (nSPS) is 20.6. The molecular weight excluding hydrogens is 542 g/mol. The van der Waals surface area contributed by atoms with Crippen molar-refractivity contribution in [1.82, 2.24) is 9.61 Å². The van der Waals surface area contributed by atoms with Crippen LogP contribution >= 0.6 is 11.6 Å². The first-order chi connectivity index (χ1) is 19.4. The Balaban J connectivity index is 1.69.